The number of halogens is 2. The predicted octanol–water partition coefficient (Wildman–Crippen LogP) is -0.219. The first-order valence-electron chi connectivity index (χ1n) is 13.0. The minimum Gasteiger partial charge on any atom is -1.00 e. The molecule has 2 aromatic carbocycles. The van der Waals surface area contributed by atoms with Gasteiger partial charge >= 0.3 is 0 Å². The highest BCUT2D eigenvalue weighted by Gasteiger charge is 2.04. The Hall–Kier alpha value is -3.48. The SMILES string of the molecule is CN(C)c1ccc(C[n+]2ccc(/C=C/C=C/C=C/c3cc[n+](Cc4ccc(N(C)C)cc4)cc3)cc2)cc1.[Br-].[Br-]. The Morgan fingerprint density at radius 2 is 0.800 bits per heavy atom. The van der Waals surface area contributed by atoms with Crippen LogP contribution in [0.5, 0.6) is 0 Å². The number of pyridine rings is 2. The fourth-order valence-electron chi connectivity index (χ4n) is 4.05. The second-order valence-electron chi connectivity index (χ2n) is 9.83. The molecule has 0 bridgehead atoms. The van der Waals surface area contributed by atoms with Crippen molar-refractivity contribution < 1.29 is 43.1 Å². The van der Waals surface area contributed by atoms with Crippen LogP contribution < -0.4 is 52.9 Å². The minimum atomic E-state index is 0. The average molecular weight is 663 g/mol. The highest BCUT2D eigenvalue weighted by Crippen LogP contribution is 2.13. The van der Waals surface area contributed by atoms with E-state index >= 15 is 0 Å². The fraction of sp³-hybridized carbons (Fsp3) is 0.176. The Bertz CT molecular complexity index is 1260. The molecule has 0 unspecified atom stereocenters. The fourth-order valence-corrected chi connectivity index (χ4v) is 4.05. The number of rotatable bonds is 10. The summed E-state index contributed by atoms with van der Waals surface area (Å²) in [6.07, 6.45) is 21.0. The lowest BCUT2D eigenvalue weighted by molar-refractivity contribution is -0.688. The number of allylic oxidation sites excluding steroid dienone is 4. The molecule has 0 aliphatic heterocycles. The van der Waals surface area contributed by atoms with Gasteiger partial charge in [-0.2, -0.15) is 0 Å². The van der Waals surface area contributed by atoms with E-state index in [1.807, 2.05) is 0 Å². The first kappa shape index (κ1) is 32.7. The second-order valence-corrected chi connectivity index (χ2v) is 9.83. The highest BCUT2D eigenvalue weighted by atomic mass is 79.9. The maximum absolute atomic E-state index is 2.20. The molecule has 0 amide bonds. The number of nitrogens with zero attached hydrogens (tertiary/aromatic N) is 4. The van der Waals surface area contributed by atoms with Crippen molar-refractivity contribution in [3.05, 3.63) is 144 Å². The molecular weight excluding hydrogens is 624 g/mol. The van der Waals surface area contributed by atoms with Crippen LogP contribution >= 0.6 is 0 Å². The van der Waals surface area contributed by atoms with E-state index in [4.69, 9.17) is 0 Å². The molecule has 0 saturated heterocycles. The summed E-state index contributed by atoms with van der Waals surface area (Å²) in [6.45, 7) is 1.73. The van der Waals surface area contributed by atoms with Crippen molar-refractivity contribution in [2.24, 2.45) is 0 Å². The van der Waals surface area contributed by atoms with E-state index in [2.05, 4.69) is 181 Å². The molecule has 0 N–H and O–H groups in total. The summed E-state index contributed by atoms with van der Waals surface area (Å²) in [5, 5.41) is 0. The van der Waals surface area contributed by atoms with Crippen molar-refractivity contribution in [2.45, 2.75) is 13.1 Å². The van der Waals surface area contributed by atoms with Gasteiger partial charge in [0, 0.05) is 75.0 Å². The van der Waals surface area contributed by atoms with Crippen LogP contribution in [0.4, 0.5) is 11.4 Å². The van der Waals surface area contributed by atoms with E-state index in [9.17, 15) is 0 Å². The lowest BCUT2D eigenvalue weighted by Gasteiger charge is -2.11. The first-order chi connectivity index (χ1) is 18.5. The summed E-state index contributed by atoms with van der Waals surface area (Å²) in [6, 6.07) is 26.0. The average Bonchev–Trinajstić information content (AvgIpc) is 2.93. The summed E-state index contributed by atoms with van der Waals surface area (Å²) < 4.78 is 4.40. The van der Waals surface area contributed by atoms with E-state index in [1.54, 1.807) is 0 Å². The largest absolute Gasteiger partial charge is 1.00 e. The normalized spacial score (nSPS) is 11.0. The van der Waals surface area contributed by atoms with Crippen LogP contribution in [0.15, 0.2) is 122 Å². The number of aromatic nitrogens is 2. The predicted molar refractivity (Wildman–Crippen MR) is 160 cm³/mol. The van der Waals surface area contributed by atoms with E-state index in [1.165, 1.54) is 33.6 Å². The molecule has 0 aliphatic rings. The molecule has 4 rings (SSSR count). The van der Waals surface area contributed by atoms with Crippen molar-refractivity contribution in [2.75, 3.05) is 38.0 Å². The Balaban J connectivity index is 0.00000280. The van der Waals surface area contributed by atoms with Gasteiger partial charge in [-0.25, -0.2) is 9.13 Å². The zero-order chi connectivity index (χ0) is 26.7. The molecule has 2 aromatic heterocycles. The Labute approximate surface area is 260 Å². The minimum absolute atomic E-state index is 0. The summed E-state index contributed by atoms with van der Waals surface area (Å²) in [5.74, 6) is 0. The molecule has 2 heterocycles. The Morgan fingerprint density at radius 3 is 1.10 bits per heavy atom. The van der Waals surface area contributed by atoms with Gasteiger partial charge < -0.3 is 43.8 Å². The summed E-state index contributed by atoms with van der Waals surface area (Å²) in [7, 11) is 8.25. The Kier molecular flexibility index (Phi) is 13.6. The number of hydrogen-bond donors (Lipinski definition) is 0. The van der Waals surface area contributed by atoms with Crippen LogP contribution in [0.3, 0.4) is 0 Å². The van der Waals surface area contributed by atoms with Gasteiger partial charge in [-0.15, -0.1) is 0 Å². The van der Waals surface area contributed by atoms with E-state index in [-0.39, 0.29) is 34.0 Å². The van der Waals surface area contributed by atoms with Crippen molar-refractivity contribution in [1.82, 2.24) is 0 Å². The van der Waals surface area contributed by atoms with Gasteiger partial charge in [-0.1, -0.05) is 60.7 Å². The topological polar surface area (TPSA) is 14.2 Å². The third-order valence-electron chi connectivity index (χ3n) is 6.38. The van der Waals surface area contributed by atoms with Gasteiger partial charge in [0.05, 0.1) is 0 Å². The quantitative estimate of drug-likeness (QED) is 0.173. The zero-order valence-electron chi connectivity index (χ0n) is 23.7. The second kappa shape index (κ2) is 16.6. The smallest absolute Gasteiger partial charge is 0.173 e. The molecule has 4 nitrogen and oxygen atoms in total. The third-order valence-corrected chi connectivity index (χ3v) is 6.38. The lowest BCUT2D eigenvalue weighted by Crippen LogP contribution is -3.00. The molecule has 0 aliphatic carbocycles. The van der Waals surface area contributed by atoms with Crippen molar-refractivity contribution >= 4 is 23.5 Å². The zero-order valence-corrected chi connectivity index (χ0v) is 26.8. The van der Waals surface area contributed by atoms with Crippen LogP contribution in [0, 0.1) is 0 Å². The maximum atomic E-state index is 2.20. The molecule has 208 valence electrons. The number of anilines is 2. The van der Waals surface area contributed by atoms with Crippen LogP contribution in [0.1, 0.15) is 22.3 Å². The van der Waals surface area contributed by atoms with E-state index < -0.39 is 0 Å². The Morgan fingerprint density at radius 1 is 0.475 bits per heavy atom. The summed E-state index contributed by atoms with van der Waals surface area (Å²) in [4.78, 5) is 4.23. The molecular formula is C34H38Br2N4. The molecule has 0 spiro atoms. The van der Waals surface area contributed by atoms with Gasteiger partial charge in [-0.3, -0.25) is 0 Å². The lowest BCUT2D eigenvalue weighted by atomic mass is 10.2. The van der Waals surface area contributed by atoms with Crippen molar-refractivity contribution in [3.8, 4) is 0 Å². The molecule has 4 aromatic rings. The first-order valence-corrected chi connectivity index (χ1v) is 13.0. The summed E-state index contributed by atoms with van der Waals surface area (Å²) >= 11 is 0. The molecule has 6 heteroatoms. The van der Waals surface area contributed by atoms with Crippen molar-refractivity contribution in [1.29, 1.82) is 0 Å². The van der Waals surface area contributed by atoms with Gasteiger partial charge in [0.15, 0.2) is 37.9 Å². The van der Waals surface area contributed by atoms with Crippen molar-refractivity contribution in [3.63, 3.8) is 0 Å². The van der Waals surface area contributed by atoms with Crippen LogP contribution in [0.2, 0.25) is 0 Å². The van der Waals surface area contributed by atoms with E-state index in [0.29, 0.717) is 0 Å². The van der Waals surface area contributed by atoms with Gasteiger partial charge in [0.2, 0.25) is 0 Å². The monoisotopic (exact) mass is 660 g/mol. The molecule has 0 fully saturated rings. The van der Waals surface area contributed by atoms with Gasteiger partial charge in [0.1, 0.15) is 0 Å². The molecule has 0 saturated carbocycles. The van der Waals surface area contributed by atoms with Gasteiger partial charge in [0.25, 0.3) is 0 Å². The number of hydrogen-bond acceptors (Lipinski definition) is 2. The number of benzene rings is 2. The van der Waals surface area contributed by atoms with Crippen LogP contribution in [0.25, 0.3) is 12.2 Å². The molecule has 0 atom stereocenters. The van der Waals surface area contributed by atoms with Crippen LogP contribution in [-0.4, -0.2) is 28.2 Å². The third kappa shape index (κ3) is 10.2. The van der Waals surface area contributed by atoms with E-state index in [0.717, 1.165) is 13.1 Å². The molecule has 40 heavy (non-hydrogen) atoms. The molecule has 0 radical (unpaired) electrons. The highest BCUT2D eigenvalue weighted by molar-refractivity contribution is 5.52. The standard InChI is InChI=1S/C34H38N4.2BrH/c1-35(2)33-15-11-31(12-16-33)27-37-23-19-29(20-24-37)9-7-5-6-8-10-30-21-25-38(26-22-30)28-32-13-17-34(18-14-32)36(3)4;;/h5-26H,27-28H2,1-4H3;2*1H/q+2;;/p-2/b6-5+,9-7+,10-8+;;. The van der Waals surface area contributed by atoms with Crippen LogP contribution in [-0.2, 0) is 13.1 Å². The maximum Gasteiger partial charge on any atom is 0.173 e. The summed E-state index contributed by atoms with van der Waals surface area (Å²) in [5.41, 5.74) is 7.39. The van der Waals surface area contributed by atoms with Gasteiger partial charge in [-0.05, 0) is 35.4 Å².